The molecule has 2 heterocycles. The number of aryl methyl sites for hydroxylation is 2. The number of rotatable bonds is 6. The lowest BCUT2D eigenvalue weighted by atomic mass is 10.0. The van der Waals surface area contributed by atoms with Crippen LogP contribution in [0.4, 0.5) is 0 Å². The van der Waals surface area contributed by atoms with Gasteiger partial charge in [0, 0.05) is 26.2 Å². The van der Waals surface area contributed by atoms with Gasteiger partial charge in [0.25, 0.3) is 0 Å². The average Bonchev–Trinajstić information content (AvgIpc) is 2.86. The number of hydrogen-bond acceptors (Lipinski definition) is 5. The number of fused-ring (bicyclic) bond motifs is 1. The highest BCUT2D eigenvalue weighted by Crippen LogP contribution is 2.25. The predicted octanol–water partition coefficient (Wildman–Crippen LogP) is 2.08. The van der Waals surface area contributed by atoms with Crippen LogP contribution in [-0.4, -0.2) is 61.5 Å². The Kier molecular flexibility index (Phi) is 6.24. The highest BCUT2D eigenvalue weighted by atomic mass is 17.2. The lowest BCUT2D eigenvalue weighted by Crippen LogP contribution is -2.50. The molecule has 132 valence electrons. The van der Waals surface area contributed by atoms with E-state index in [1.807, 2.05) is 6.92 Å². The summed E-state index contributed by atoms with van der Waals surface area (Å²) in [6, 6.07) is 6.58. The van der Waals surface area contributed by atoms with Gasteiger partial charge in [-0.15, -0.1) is 0 Å². The van der Waals surface area contributed by atoms with E-state index in [4.69, 9.17) is 9.78 Å². The normalized spacial score (nSPS) is 20.7. The van der Waals surface area contributed by atoms with Crippen molar-refractivity contribution in [3.8, 4) is 5.75 Å². The van der Waals surface area contributed by atoms with Crippen molar-refractivity contribution in [3.05, 3.63) is 29.3 Å². The van der Waals surface area contributed by atoms with E-state index in [1.165, 1.54) is 11.1 Å². The molecule has 24 heavy (non-hydrogen) atoms. The molecule has 1 fully saturated rings. The zero-order valence-electron chi connectivity index (χ0n) is 14.6. The summed E-state index contributed by atoms with van der Waals surface area (Å²) in [5, 5.41) is 0. The van der Waals surface area contributed by atoms with Gasteiger partial charge in [0.2, 0.25) is 0 Å². The van der Waals surface area contributed by atoms with Crippen molar-refractivity contribution in [2.24, 2.45) is 0 Å². The van der Waals surface area contributed by atoms with Crippen molar-refractivity contribution >= 4 is 6.29 Å². The first-order valence-corrected chi connectivity index (χ1v) is 9.09. The molecular weight excluding hydrogens is 304 g/mol. The van der Waals surface area contributed by atoms with Crippen molar-refractivity contribution in [2.75, 3.05) is 39.3 Å². The van der Waals surface area contributed by atoms with E-state index in [-0.39, 0.29) is 6.04 Å². The van der Waals surface area contributed by atoms with Gasteiger partial charge in [0.1, 0.15) is 6.29 Å². The van der Waals surface area contributed by atoms with Gasteiger partial charge in [-0.05, 0) is 56.3 Å². The lowest BCUT2D eigenvalue weighted by molar-refractivity contribution is -0.203. The molecule has 0 aliphatic carbocycles. The molecule has 3 rings (SSSR count). The second-order valence-corrected chi connectivity index (χ2v) is 6.81. The standard InChI is InChI=1S/C19H28N2O3/c1-16(15-22)21-11-9-20(10-12-21)8-2-4-17-6-7-18-5-3-13-23-24-19(18)14-17/h6-7,14-16H,2-5,8-13H2,1H3. The molecule has 1 unspecified atom stereocenters. The summed E-state index contributed by atoms with van der Waals surface area (Å²) in [4.78, 5) is 26.2. The molecule has 1 aromatic carbocycles. The van der Waals surface area contributed by atoms with Crippen molar-refractivity contribution < 1.29 is 14.6 Å². The molecule has 1 atom stereocenters. The van der Waals surface area contributed by atoms with Crippen molar-refractivity contribution in [2.45, 2.75) is 38.6 Å². The number of nitrogens with zero attached hydrogens (tertiary/aromatic N) is 2. The summed E-state index contributed by atoms with van der Waals surface area (Å²) >= 11 is 0. The second-order valence-electron chi connectivity index (χ2n) is 6.81. The third-order valence-electron chi connectivity index (χ3n) is 5.07. The Bertz CT molecular complexity index is 541. The maximum Gasteiger partial charge on any atom is 0.168 e. The summed E-state index contributed by atoms with van der Waals surface area (Å²) in [7, 11) is 0. The average molecular weight is 332 g/mol. The van der Waals surface area contributed by atoms with Crippen LogP contribution in [0.15, 0.2) is 18.2 Å². The fourth-order valence-electron chi connectivity index (χ4n) is 3.45. The van der Waals surface area contributed by atoms with E-state index in [2.05, 4.69) is 28.0 Å². The highest BCUT2D eigenvalue weighted by Gasteiger charge is 2.20. The summed E-state index contributed by atoms with van der Waals surface area (Å²) < 4.78 is 0. The Morgan fingerprint density at radius 1 is 1.25 bits per heavy atom. The quantitative estimate of drug-likeness (QED) is 0.589. The van der Waals surface area contributed by atoms with Crippen LogP contribution in [-0.2, 0) is 22.5 Å². The first kappa shape index (κ1) is 17.4. The summed E-state index contributed by atoms with van der Waals surface area (Å²) in [6.45, 7) is 7.84. The van der Waals surface area contributed by atoms with E-state index in [9.17, 15) is 4.79 Å². The van der Waals surface area contributed by atoms with Crippen LogP contribution in [0, 0.1) is 0 Å². The molecule has 0 amide bonds. The monoisotopic (exact) mass is 332 g/mol. The van der Waals surface area contributed by atoms with Gasteiger partial charge in [-0.25, -0.2) is 0 Å². The number of hydrogen-bond donors (Lipinski definition) is 0. The summed E-state index contributed by atoms with van der Waals surface area (Å²) in [5.74, 6) is 0.890. The number of carbonyl (C=O) groups excluding carboxylic acids is 1. The van der Waals surface area contributed by atoms with Crippen LogP contribution in [0.25, 0.3) is 0 Å². The maximum absolute atomic E-state index is 10.9. The molecule has 0 spiro atoms. The van der Waals surface area contributed by atoms with Crippen LogP contribution < -0.4 is 4.89 Å². The van der Waals surface area contributed by atoms with E-state index >= 15 is 0 Å². The van der Waals surface area contributed by atoms with Crippen LogP contribution in [0.2, 0.25) is 0 Å². The largest absolute Gasteiger partial charge is 0.337 e. The van der Waals surface area contributed by atoms with Gasteiger partial charge in [-0.3, -0.25) is 4.90 Å². The number of carbonyl (C=O) groups is 1. The van der Waals surface area contributed by atoms with Crippen LogP contribution in [0.3, 0.4) is 0 Å². The van der Waals surface area contributed by atoms with Crippen molar-refractivity contribution in [3.63, 3.8) is 0 Å². The summed E-state index contributed by atoms with van der Waals surface area (Å²) in [5.41, 5.74) is 2.56. The fraction of sp³-hybridized carbons (Fsp3) is 0.632. The van der Waals surface area contributed by atoms with E-state index in [1.54, 1.807) is 0 Å². The fourth-order valence-corrected chi connectivity index (χ4v) is 3.45. The van der Waals surface area contributed by atoms with Gasteiger partial charge in [0.15, 0.2) is 5.75 Å². The van der Waals surface area contributed by atoms with Gasteiger partial charge in [-0.1, -0.05) is 12.1 Å². The first-order valence-electron chi connectivity index (χ1n) is 9.09. The van der Waals surface area contributed by atoms with Crippen LogP contribution in [0.1, 0.15) is 30.9 Å². The molecule has 0 N–H and O–H groups in total. The minimum Gasteiger partial charge on any atom is -0.337 e. The van der Waals surface area contributed by atoms with E-state index < -0.39 is 0 Å². The number of piperazine rings is 1. The zero-order valence-corrected chi connectivity index (χ0v) is 14.6. The number of benzene rings is 1. The topological polar surface area (TPSA) is 42.0 Å². The third-order valence-corrected chi connectivity index (χ3v) is 5.07. The molecule has 2 aliphatic heterocycles. The first-order chi connectivity index (χ1) is 11.8. The Balaban J connectivity index is 1.42. The SMILES string of the molecule is CC(C=O)N1CCN(CCCc2ccc3c(c2)OOCCC3)CC1. The van der Waals surface area contributed by atoms with Crippen LogP contribution >= 0.6 is 0 Å². The van der Waals surface area contributed by atoms with Gasteiger partial charge in [0.05, 0.1) is 12.6 Å². The Morgan fingerprint density at radius 3 is 2.88 bits per heavy atom. The summed E-state index contributed by atoms with van der Waals surface area (Å²) in [6.07, 6.45) is 5.28. The molecule has 2 aliphatic rings. The van der Waals surface area contributed by atoms with E-state index in [0.717, 1.165) is 70.4 Å². The predicted molar refractivity (Wildman–Crippen MR) is 93.2 cm³/mol. The Labute approximate surface area is 144 Å². The zero-order chi connectivity index (χ0) is 16.8. The maximum atomic E-state index is 10.9. The molecule has 1 saturated heterocycles. The van der Waals surface area contributed by atoms with Gasteiger partial charge >= 0.3 is 0 Å². The lowest BCUT2D eigenvalue weighted by Gasteiger charge is -2.36. The van der Waals surface area contributed by atoms with E-state index in [0.29, 0.717) is 6.61 Å². The third kappa shape index (κ3) is 4.56. The smallest absolute Gasteiger partial charge is 0.168 e. The highest BCUT2D eigenvalue weighted by molar-refractivity contribution is 5.56. The Hall–Kier alpha value is -1.43. The van der Waals surface area contributed by atoms with Crippen molar-refractivity contribution in [1.29, 1.82) is 0 Å². The van der Waals surface area contributed by atoms with Gasteiger partial charge < -0.3 is 14.6 Å². The molecule has 0 radical (unpaired) electrons. The number of aldehydes is 1. The molecule has 0 bridgehead atoms. The molecule has 1 aromatic rings. The minimum atomic E-state index is 0.0499. The van der Waals surface area contributed by atoms with Crippen molar-refractivity contribution in [1.82, 2.24) is 9.80 Å². The molecule has 0 saturated carbocycles. The minimum absolute atomic E-state index is 0.0499. The molecular formula is C19H28N2O3. The second kappa shape index (κ2) is 8.60. The molecule has 5 nitrogen and oxygen atoms in total. The molecule has 5 heteroatoms. The molecule has 0 aromatic heterocycles. The van der Waals surface area contributed by atoms with Gasteiger partial charge in [-0.2, -0.15) is 4.89 Å². The Morgan fingerprint density at radius 2 is 2.08 bits per heavy atom. The van der Waals surface area contributed by atoms with Crippen LogP contribution in [0.5, 0.6) is 5.75 Å².